The predicted octanol–water partition coefficient (Wildman–Crippen LogP) is -0.248. The van der Waals surface area contributed by atoms with Crippen molar-refractivity contribution >= 4 is 0 Å². The lowest BCUT2D eigenvalue weighted by Crippen LogP contribution is -2.46. The number of rotatable bonds is 8. The minimum absolute atomic E-state index is 0.281. The number of hydrogen-bond acceptors (Lipinski definition) is 5. The Labute approximate surface area is 116 Å². The molecule has 0 amide bonds. The summed E-state index contributed by atoms with van der Waals surface area (Å²) in [7, 11) is 2.20. The fourth-order valence-electron chi connectivity index (χ4n) is 2.59. The highest BCUT2D eigenvalue weighted by atomic mass is 16.5. The minimum atomic E-state index is -0.281. The van der Waals surface area contributed by atoms with Crippen LogP contribution in [0.5, 0.6) is 0 Å². The molecule has 0 radical (unpaired) electrons. The second kappa shape index (κ2) is 7.55. The second-order valence-corrected chi connectivity index (χ2v) is 5.97. The number of likely N-dealkylation sites (N-methyl/N-ethyl adjacent to an activating group) is 1. The maximum atomic E-state index is 10.0. The predicted molar refractivity (Wildman–Crippen MR) is 76.4 cm³/mol. The molecular formula is C14H29N3O2. The van der Waals surface area contributed by atoms with Crippen LogP contribution in [0.1, 0.15) is 19.8 Å². The third-order valence-corrected chi connectivity index (χ3v) is 4.21. The van der Waals surface area contributed by atoms with E-state index < -0.39 is 0 Å². The maximum absolute atomic E-state index is 10.0. The molecule has 1 aliphatic carbocycles. The van der Waals surface area contributed by atoms with Gasteiger partial charge in [-0.05, 0) is 26.8 Å². The summed E-state index contributed by atoms with van der Waals surface area (Å²) in [5.41, 5.74) is 0. The fraction of sp³-hybridized carbons (Fsp3) is 1.00. The van der Waals surface area contributed by atoms with Crippen molar-refractivity contribution in [2.45, 2.75) is 38.0 Å². The van der Waals surface area contributed by atoms with Gasteiger partial charge in [0.25, 0.3) is 0 Å². The first-order valence-corrected chi connectivity index (χ1v) is 7.57. The largest absolute Gasteiger partial charge is 0.390 e. The quantitative estimate of drug-likeness (QED) is 0.638. The average Bonchev–Trinajstić information content (AvgIpc) is 3.23. The highest BCUT2D eigenvalue weighted by Crippen LogP contribution is 2.26. The van der Waals surface area contributed by atoms with Crippen molar-refractivity contribution < 1.29 is 9.84 Å². The maximum Gasteiger partial charge on any atom is 0.0791 e. The molecule has 0 spiro atoms. The Morgan fingerprint density at radius 3 is 2.63 bits per heavy atom. The first-order chi connectivity index (χ1) is 9.16. The van der Waals surface area contributed by atoms with Gasteiger partial charge in [-0.2, -0.15) is 0 Å². The van der Waals surface area contributed by atoms with Gasteiger partial charge >= 0.3 is 0 Å². The third-order valence-electron chi connectivity index (χ3n) is 4.21. The van der Waals surface area contributed by atoms with E-state index in [9.17, 15) is 5.11 Å². The van der Waals surface area contributed by atoms with Crippen molar-refractivity contribution in [1.29, 1.82) is 0 Å². The highest BCUT2D eigenvalue weighted by Gasteiger charge is 2.28. The number of β-amino-alcohol motifs (C(OH)–C–C–N with tert-alkyl or cyclic N) is 1. The molecule has 0 bridgehead atoms. The van der Waals surface area contributed by atoms with Crippen LogP contribution in [0.2, 0.25) is 0 Å². The Balaban J connectivity index is 1.53. The van der Waals surface area contributed by atoms with Crippen LogP contribution in [0.3, 0.4) is 0 Å². The van der Waals surface area contributed by atoms with E-state index in [0.29, 0.717) is 12.6 Å². The van der Waals surface area contributed by atoms with Gasteiger partial charge in [-0.25, -0.2) is 0 Å². The summed E-state index contributed by atoms with van der Waals surface area (Å²) in [6.07, 6.45) is 2.41. The van der Waals surface area contributed by atoms with E-state index >= 15 is 0 Å². The summed E-state index contributed by atoms with van der Waals surface area (Å²) in [4.78, 5) is 4.72. The van der Waals surface area contributed by atoms with Gasteiger partial charge in [0.1, 0.15) is 0 Å². The van der Waals surface area contributed by atoms with Crippen LogP contribution in [-0.4, -0.2) is 86.1 Å². The molecule has 0 aromatic heterocycles. The van der Waals surface area contributed by atoms with Crippen LogP contribution in [0.15, 0.2) is 0 Å². The van der Waals surface area contributed by atoms with Crippen LogP contribution >= 0.6 is 0 Å². The molecule has 1 aliphatic heterocycles. The number of hydrogen-bond donors (Lipinski definition) is 2. The molecule has 5 heteroatoms. The molecule has 112 valence electrons. The number of nitrogens with one attached hydrogen (secondary N) is 1. The van der Waals surface area contributed by atoms with Gasteiger partial charge in [0.2, 0.25) is 0 Å². The standard InChI is InChI=1S/C14H29N3O2/c1-12(16(2)13-3-4-13)9-15-10-14(18)11-17-5-7-19-8-6-17/h12-15,18H,3-11H2,1-2H3. The molecule has 2 N–H and O–H groups in total. The van der Waals surface area contributed by atoms with Crippen LogP contribution in [-0.2, 0) is 4.74 Å². The van der Waals surface area contributed by atoms with Crippen LogP contribution in [0, 0.1) is 0 Å². The number of nitrogens with zero attached hydrogens (tertiary/aromatic N) is 2. The monoisotopic (exact) mass is 271 g/mol. The Hall–Kier alpha value is -0.200. The fourth-order valence-corrected chi connectivity index (χ4v) is 2.59. The Morgan fingerprint density at radius 2 is 2.00 bits per heavy atom. The van der Waals surface area contributed by atoms with Crippen molar-refractivity contribution in [2.75, 3.05) is 53.0 Å². The SMILES string of the molecule is CC(CNCC(O)CN1CCOCC1)N(C)C1CC1. The van der Waals surface area contributed by atoms with E-state index in [1.54, 1.807) is 0 Å². The number of aliphatic hydroxyl groups excluding tert-OH is 1. The first kappa shape index (κ1) is 15.2. The summed E-state index contributed by atoms with van der Waals surface area (Å²) < 4.78 is 5.30. The highest BCUT2D eigenvalue weighted by molar-refractivity contribution is 4.86. The molecule has 5 nitrogen and oxygen atoms in total. The Morgan fingerprint density at radius 1 is 1.32 bits per heavy atom. The van der Waals surface area contributed by atoms with Gasteiger partial charge < -0.3 is 15.2 Å². The van der Waals surface area contributed by atoms with Gasteiger partial charge in [0.15, 0.2) is 0 Å². The molecule has 2 aliphatic rings. The van der Waals surface area contributed by atoms with Crippen LogP contribution in [0.25, 0.3) is 0 Å². The molecule has 1 heterocycles. The summed E-state index contributed by atoms with van der Waals surface area (Å²) >= 11 is 0. The number of aliphatic hydroxyl groups is 1. The van der Waals surface area contributed by atoms with Crippen molar-refractivity contribution in [3.05, 3.63) is 0 Å². The molecule has 1 saturated carbocycles. The Bertz CT molecular complexity index is 255. The summed E-state index contributed by atoms with van der Waals surface area (Å²) in [5, 5.41) is 13.4. The molecule has 0 aromatic carbocycles. The van der Waals surface area contributed by atoms with Gasteiger partial charge in [-0.3, -0.25) is 9.80 Å². The smallest absolute Gasteiger partial charge is 0.0791 e. The molecule has 2 rings (SSSR count). The molecule has 2 fully saturated rings. The molecule has 1 saturated heterocycles. The zero-order chi connectivity index (χ0) is 13.7. The van der Waals surface area contributed by atoms with Crippen molar-refractivity contribution in [1.82, 2.24) is 15.1 Å². The Kier molecular flexibility index (Phi) is 6.04. The van der Waals surface area contributed by atoms with E-state index in [1.165, 1.54) is 12.8 Å². The van der Waals surface area contributed by atoms with E-state index in [1.807, 2.05) is 0 Å². The lowest BCUT2D eigenvalue weighted by atomic mass is 10.2. The second-order valence-electron chi connectivity index (χ2n) is 5.97. The summed E-state index contributed by atoms with van der Waals surface area (Å²) in [5.74, 6) is 0. The van der Waals surface area contributed by atoms with Crippen molar-refractivity contribution in [3.63, 3.8) is 0 Å². The summed E-state index contributed by atoms with van der Waals surface area (Å²) in [6.45, 7) is 8.11. The summed E-state index contributed by atoms with van der Waals surface area (Å²) in [6, 6.07) is 1.35. The topological polar surface area (TPSA) is 48.0 Å². The van der Waals surface area contributed by atoms with Crippen molar-refractivity contribution in [3.8, 4) is 0 Å². The van der Waals surface area contributed by atoms with Gasteiger partial charge in [-0.15, -0.1) is 0 Å². The van der Waals surface area contributed by atoms with E-state index in [4.69, 9.17) is 4.74 Å². The molecule has 0 aromatic rings. The zero-order valence-electron chi connectivity index (χ0n) is 12.3. The zero-order valence-corrected chi connectivity index (χ0v) is 12.3. The normalized spacial score (nSPS) is 24.6. The van der Waals surface area contributed by atoms with E-state index in [-0.39, 0.29) is 6.10 Å². The minimum Gasteiger partial charge on any atom is -0.390 e. The van der Waals surface area contributed by atoms with Gasteiger partial charge in [0, 0.05) is 44.8 Å². The van der Waals surface area contributed by atoms with Crippen LogP contribution < -0.4 is 5.32 Å². The van der Waals surface area contributed by atoms with Crippen LogP contribution in [0.4, 0.5) is 0 Å². The van der Waals surface area contributed by atoms with E-state index in [0.717, 1.165) is 45.4 Å². The van der Waals surface area contributed by atoms with Gasteiger partial charge in [0.05, 0.1) is 19.3 Å². The lowest BCUT2D eigenvalue weighted by Gasteiger charge is -2.29. The number of ether oxygens (including phenoxy) is 1. The third kappa shape index (κ3) is 5.36. The molecule has 2 unspecified atom stereocenters. The van der Waals surface area contributed by atoms with Crippen molar-refractivity contribution in [2.24, 2.45) is 0 Å². The number of morpholine rings is 1. The van der Waals surface area contributed by atoms with Gasteiger partial charge in [-0.1, -0.05) is 0 Å². The first-order valence-electron chi connectivity index (χ1n) is 7.57. The van der Waals surface area contributed by atoms with E-state index in [2.05, 4.69) is 29.1 Å². The molecule has 2 atom stereocenters. The molecule has 19 heavy (non-hydrogen) atoms. The average molecular weight is 271 g/mol. The lowest BCUT2D eigenvalue weighted by molar-refractivity contribution is 0.0147. The molecular weight excluding hydrogens is 242 g/mol.